The third kappa shape index (κ3) is 2.66. The number of benzene rings is 1. The Balaban J connectivity index is 1.59. The van der Waals surface area contributed by atoms with E-state index in [4.69, 9.17) is 9.15 Å². The average molecular weight is 381 g/mol. The van der Waals surface area contributed by atoms with Crippen LogP contribution in [0.15, 0.2) is 58.4 Å². The Kier molecular flexibility index (Phi) is 4.07. The molecule has 3 heterocycles. The summed E-state index contributed by atoms with van der Waals surface area (Å²) in [6.45, 7) is 0.215. The lowest BCUT2D eigenvalue weighted by atomic mass is 9.77. The number of halogens is 1. The molecular formula is C22H20FNO4. The molecule has 0 bridgehead atoms. The van der Waals surface area contributed by atoms with Crippen molar-refractivity contribution < 1.29 is 23.1 Å². The molecule has 6 heteroatoms. The highest BCUT2D eigenvalue weighted by molar-refractivity contribution is 6.11. The molecule has 1 aromatic carbocycles. The Hall–Kier alpha value is -2.89. The summed E-state index contributed by atoms with van der Waals surface area (Å²) in [6, 6.07) is 8.89. The lowest BCUT2D eigenvalue weighted by molar-refractivity contribution is -0.135. The SMILES string of the molecule is O=C1C2=C(OC3CCCCC13)C(=O)N(Cc1ccco1)C2c1ccc(F)cc1. The molecule has 2 aliphatic heterocycles. The number of hydrogen-bond donors (Lipinski definition) is 0. The molecule has 0 N–H and O–H groups in total. The van der Waals surface area contributed by atoms with Crippen molar-refractivity contribution in [3.05, 3.63) is 71.1 Å². The minimum Gasteiger partial charge on any atom is -0.483 e. The van der Waals surface area contributed by atoms with Crippen molar-refractivity contribution in [3.8, 4) is 0 Å². The normalized spacial score (nSPS) is 26.9. The van der Waals surface area contributed by atoms with E-state index in [-0.39, 0.29) is 41.8 Å². The van der Waals surface area contributed by atoms with Crippen molar-refractivity contribution in [1.29, 1.82) is 0 Å². The van der Waals surface area contributed by atoms with Crippen LogP contribution in [0.1, 0.15) is 43.0 Å². The first kappa shape index (κ1) is 17.2. The first-order valence-electron chi connectivity index (χ1n) is 9.67. The Morgan fingerprint density at radius 3 is 2.61 bits per heavy atom. The molecule has 3 aliphatic rings. The predicted octanol–water partition coefficient (Wildman–Crippen LogP) is 3.91. The number of furan rings is 1. The predicted molar refractivity (Wildman–Crippen MR) is 97.3 cm³/mol. The highest BCUT2D eigenvalue weighted by Crippen LogP contribution is 2.47. The summed E-state index contributed by atoms with van der Waals surface area (Å²) >= 11 is 0. The number of carbonyl (C=O) groups is 2. The van der Waals surface area contributed by atoms with Gasteiger partial charge in [-0.3, -0.25) is 9.59 Å². The maximum atomic E-state index is 13.5. The second-order valence-electron chi connectivity index (χ2n) is 7.62. The minimum atomic E-state index is -0.594. The molecule has 3 atom stereocenters. The third-order valence-corrected chi connectivity index (χ3v) is 5.95. The van der Waals surface area contributed by atoms with Crippen molar-refractivity contribution in [1.82, 2.24) is 4.90 Å². The summed E-state index contributed by atoms with van der Waals surface area (Å²) in [6.07, 6.45) is 4.89. The number of amides is 1. The number of rotatable bonds is 3. The van der Waals surface area contributed by atoms with E-state index in [2.05, 4.69) is 0 Å². The van der Waals surface area contributed by atoms with Gasteiger partial charge in [-0.15, -0.1) is 0 Å². The van der Waals surface area contributed by atoms with E-state index in [0.29, 0.717) is 16.9 Å². The zero-order valence-electron chi connectivity index (χ0n) is 15.3. The van der Waals surface area contributed by atoms with E-state index in [1.807, 2.05) is 0 Å². The standard InChI is InChI=1S/C22H20FNO4/c23-14-9-7-13(8-10-14)19-18-20(25)16-5-1-2-6-17(16)28-21(18)22(26)24(19)12-15-4-3-11-27-15/h3-4,7-11,16-17,19H,1-2,5-6,12H2. The van der Waals surface area contributed by atoms with Crippen molar-refractivity contribution >= 4 is 11.7 Å². The molecule has 5 rings (SSSR count). The molecule has 1 aliphatic carbocycles. The van der Waals surface area contributed by atoms with Crippen LogP contribution >= 0.6 is 0 Å². The summed E-state index contributed by atoms with van der Waals surface area (Å²) in [5, 5.41) is 0. The second-order valence-corrected chi connectivity index (χ2v) is 7.62. The largest absolute Gasteiger partial charge is 0.483 e. The van der Waals surface area contributed by atoms with Crippen molar-refractivity contribution in [2.24, 2.45) is 5.92 Å². The molecule has 144 valence electrons. The molecule has 2 aromatic rings. The fourth-order valence-electron chi connectivity index (χ4n) is 4.62. The first-order chi connectivity index (χ1) is 13.6. The highest BCUT2D eigenvalue weighted by atomic mass is 19.1. The molecule has 1 aromatic heterocycles. The number of Topliss-reactive ketones (excluding diaryl/α,β-unsaturated/α-hetero) is 1. The van der Waals surface area contributed by atoms with Crippen molar-refractivity contribution in [3.63, 3.8) is 0 Å². The molecule has 1 amide bonds. The fourth-order valence-corrected chi connectivity index (χ4v) is 4.62. The van der Waals surface area contributed by atoms with E-state index in [1.165, 1.54) is 12.1 Å². The lowest BCUT2D eigenvalue weighted by Gasteiger charge is -2.35. The van der Waals surface area contributed by atoms with Gasteiger partial charge in [-0.1, -0.05) is 18.6 Å². The molecule has 0 radical (unpaired) electrons. The van der Waals surface area contributed by atoms with Crippen LogP contribution in [0.25, 0.3) is 0 Å². The van der Waals surface area contributed by atoms with Gasteiger partial charge in [0, 0.05) is 0 Å². The summed E-state index contributed by atoms with van der Waals surface area (Å²) in [4.78, 5) is 28.2. The Morgan fingerprint density at radius 1 is 1.07 bits per heavy atom. The van der Waals surface area contributed by atoms with Crippen LogP contribution in [0.5, 0.6) is 0 Å². The molecule has 5 nitrogen and oxygen atoms in total. The summed E-state index contributed by atoms with van der Waals surface area (Å²) < 4.78 is 25.0. The van der Waals surface area contributed by atoms with E-state index in [9.17, 15) is 14.0 Å². The van der Waals surface area contributed by atoms with Gasteiger partial charge in [0.1, 0.15) is 17.7 Å². The Morgan fingerprint density at radius 2 is 1.86 bits per heavy atom. The monoisotopic (exact) mass is 381 g/mol. The van der Waals surface area contributed by atoms with Crippen LogP contribution in [0.2, 0.25) is 0 Å². The molecule has 1 saturated carbocycles. The molecule has 0 spiro atoms. The number of nitrogens with zero attached hydrogens (tertiary/aromatic N) is 1. The lowest BCUT2D eigenvalue weighted by Crippen LogP contribution is -2.39. The zero-order valence-corrected chi connectivity index (χ0v) is 15.3. The minimum absolute atomic E-state index is 0.00410. The van der Waals surface area contributed by atoms with Gasteiger partial charge in [0.15, 0.2) is 11.5 Å². The molecule has 1 fully saturated rings. The second kappa shape index (κ2) is 6.62. The maximum absolute atomic E-state index is 13.5. The summed E-state index contributed by atoms with van der Waals surface area (Å²) in [7, 11) is 0. The van der Waals surface area contributed by atoms with E-state index >= 15 is 0 Å². The van der Waals surface area contributed by atoms with Crippen molar-refractivity contribution in [2.75, 3.05) is 0 Å². The van der Waals surface area contributed by atoms with Gasteiger partial charge in [0.05, 0.1) is 30.3 Å². The fraction of sp³-hybridized carbons (Fsp3) is 0.364. The number of carbonyl (C=O) groups excluding carboxylic acids is 2. The van der Waals surface area contributed by atoms with Gasteiger partial charge >= 0.3 is 0 Å². The first-order valence-corrected chi connectivity index (χ1v) is 9.67. The van der Waals surface area contributed by atoms with E-state index in [0.717, 1.165) is 25.7 Å². The Labute approximate surface area is 161 Å². The van der Waals surface area contributed by atoms with Crippen LogP contribution in [-0.2, 0) is 20.9 Å². The highest BCUT2D eigenvalue weighted by Gasteiger charge is 2.52. The van der Waals surface area contributed by atoms with Crippen LogP contribution in [-0.4, -0.2) is 22.7 Å². The smallest absolute Gasteiger partial charge is 0.290 e. The van der Waals surface area contributed by atoms with Gasteiger partial charge < -0.3 is 14.1 Å². The van der Waals surface area contributed by atoms with Crippen LogP contribution in [0.3, 0.4) is 0 Å². The van der Waals surface area contributed by atoms with E-state index < -0.39 is 6.04 Å². The summed E-state index contributed by atoms with van der Waals surface area (Å²) in [5.74, 6) is -0.0990. The number of fused-ring (bicyclic) bond motifs is 1. The van der Waals surface area contributed by atoms with Gasteiger partial charge in [-0.25, -0.2) is 4.39 Å². The van der Waals surface area contributed by atoms with Crippen LogP contribution in [0.4, 0.5) is 4.39 Å². The van der Waals surface area contributed by atoms with Gasteiger partial charge in [0.2, 0.25) is 0 Å². The molecule has 3 unspecified atom stereocenters. The summed E-state index contributed by atoms with van der Waals surface area (Å²) in [5.41, 5.74) is 1.10. The van der Waals surface area contributed by atoms with Crippen molar-refractivity contribution in [2.45, 2.75) is 44.4 Å². The maximum Gasteiger partial charge on any atom is 0.290 e. The molecule has 0 saturated heterocycles. The Bertz CT molecular complexity index is 947. The zero-order chi connectivity index (χ0) is 19.3. The molecule has 28 heavy (non-hydrogen) atoms. The topological polar surface area (TPSA) is 59.8 Å². The molecular weight excluding hydrogens is 361 g/mol. The number of ether oxygens (including phenoxy) is 1. The van der Waals surface area contributed by atoms with Crippen LogP contribution < -0.4 is 0 Å². The van der Waals surface area contributed by atoms with Crippen LogP contribution in [0, 0.1) is 11.7 Å². The third-order valence-electron chi connectivity index (χ3n) is 5.95. The van der Waals surface area contributed by atoms with Gasteiger partial charge in [-0.2, -0.15) is 0 Å². The van der Waals surface area contributed by atoms with Gasteiger partial charge in [-0.05, 0) is 49.1 Å². The van der Waals surface area contributed by atoms with E-state index in [1.54, 1.807) is 35.4 Å². The van der Waals surface area contributed by atoms with Gasteiger partial charge in [0.25, 0.3) is 5.91 Å². The number of hydrogen-bond acceptors (Lipinski definition) is 4. The number of ketones is 1. The quantitative estimate of drug-likeness (QED) is 0.809. The average Bonchev–Trinajstić information content (AvgIpc) is 3.31.